The maximum absolute atomic E-state index is 11.5. The molecule has 0 aromatic heterocycles. The lowest BCUT2D eigenvalue weighted by atomic mass is 10.1. The summed E-state index contributed by atoms with van der Waals surface area (Å²) >= 11 is 0. The molecule has 1 aromatic carbocycles. The normalized spacial score (nSPS) is 9.50. The van der Waals surface area contributed by atoms with Gasteiger partial charge in [-0.05, 0) is 24.1 Å². The van der Waals surface area contributed by atoms with Crippen LogP contribution in [0.5, 0.6) is 0 Å². The first-order valence-corrected chi connectivity index (χ1v) is 5.52. The number of carbonyl (C=O) groups excluding carboxylic acids is 1. The fraction of sp³-hybridized carbons (Fsp3) is 0.385. The zero-order chi connectivity index (χ0) is 11.8. The summed E-state index contributed by atoms with van der Waals surface area (Å²) in [5, 5.41) is 11.5. The van der Waals surface area contributed by atoms with Crippen LogP contribution in [0.15, 0.2) is 24.3 Å². The smallest absolute Gasteiger partial charge is 0.224 e. The fourth-order valence-corrected chi connectivity index (χ4v) is 1.35. The number of nitrogens with zero attached hydrogens (tertiary/aromatic N) is 1. The minimum absolute atomic E-state index is 0.0400. The third-order valence-corrected chi connectivity index (χ3v) is 2.30. The van der Waals surface area contributed by atoms with Gasteiger partial charge in [-0.2, -0.15) is 5.26 Å². The number of amides is 1. The van der Waals surface area contributed by atoms with Crippen LogP contribution in [0.3, 0.4) is 0 Å². The van der Waals surface area contributed by atoms with Gasteiger partial charge in [0, 0.05) is 6.54 Å². The Morgan fingerprint density at radius 3 is 2.62 bits per heavy atom. The van der Waals surface area contributed by atoms with E-state index in [-0.39, 0.29) is 5.91 Å². The van der Waals surface area contributed by atoms with Gasteiger partial charge in [-0.1, -0.05) is 25.5 Å². The number of rotatable bonds is 5. The van der Waals surface area contributed by atoms with E-state index in [0.29, 0.717) is 12.0 Å². The van der Waals surface area contributed by atoms with Gasteiger partial charge in [-0.25, -0.2) is 0 Å². The number of hydrogen-bond donors (Lipinski definition) is 1. The molecule has 3 heteroatoms. The van der Waals surface area contributed by atoms with E-state index in [1.165, 1.54) is 0 Å². The topological polar surface area (TPSA) is 52.9 Å². The zero-order valence-electron chi connectivity index (χ0n) is 9.49. The van der Waals surface area contributed by atoms with Crippen LogP contribution in [0.25, 0.3) is 0 Å². The van der Waals surface area contributed by atoms with E-state index in [2.05, 4.69) is 12.2 Å². The minimum atomic E-state index is 0.0400. The average Bonchev–Trinajstić information content (AvgIpc) is 2.30. The Labute approximate surface area is 96.1 Å². The lowest BCUT2D eigenvalue weighted by Gasteiger charge is -2.04. The largest absolute Gasteiger partial charge is 0.356 e. The lowest BCUT2D eigenvalue weighted by molar-refractivity contribution is -0.120. The first-order chi connectivity index (χ1) is 7.76. The van der Waals surface area contributed by atoms with E-state index in [0.717, 1.165) is 24.9 Å². The molecule has 1 rings (SSSR count). The Balaban J connectivity index is 2.41. The van der Waals surface area contributed by atoms with Crippen molar-refractivity contribution in [1.82, 2.24) is 5.32 Å². The molecule has 0 aliphatic heterocycles. The number of carbonyl (C=O) groups is 1. The summed E-state index contributed by atoms with van der Waals surface area (Å²) in [5.74, 6) is 0.0400. The molecule has 0 radical (unpaired) electrons. The van der Waals surface area contributed by atoms with Crippen molar-refractivity contribution in [2.24, 2.45) is 0 Å². The Kier molecular flexibility index (Phi) is 5.07. The molecule has 1 aromatic rings. The van der Waals surface area contributed by atoms with Gasteiger partial charge in [0.1, 0.15) is 0 Å². The molecule has 1 N–H and O–H groups in total. The standard InChI is InChI=1S/C13H16N2O/c1-2-3-8-15-13(16)9-11-4-6-12(10-14)7-5-11/h4-7H,2-3,8-9H2,1H3,(H,15,16). The van der Waals surface area contributed by atoms with Crippen LogP contribution in [0, 0.1) is 11.3 Å². The van der Waals surface area contributed by atoms with E-state index >= 15 is 0 Å². The van der Waals surface area contributed by atoms with Crippen LogP contribution >= 0.6 is 0 Å². The summed E-state index contributed by atoms with van der Waals surface area (Å²) in [5.41, 5.74) is 1.56. The zero-order valence-corrected chi connectivity index (χ0v) is 9.49. The molecule has 0 saturated carbocycles. The highest BCUT2D eigenvalue weighted by molar-refractivity contribution is 5.78. The second kappa shape index (κ2) is 6.62. The summed E-state index contributed by atoms with van der Waals surface area (Å²) in [4.78, 5) is 11.5. The van der Waals surface area contributed by atoms with Gasteiger partial charge in [0.05, 0.1) is 18.1 Å². The summed E-state index contributed by atoms with van der Waals surface area (Å²) in [7, 11) is 0. The molecule has 0 bridgehead atoms. The SMILES string of the molecule is CCCCNC(=O)Cc1ccc(C#N)cc1. The average molecular weight is 216 g/mol. The highest BCUT2D eigenvalue weighted by Crippen LogP contribution is 2.03. The molecule has 0 aliphatic carbocycles. The summed E-state index contributed by atoms with van der Waals surface area (Å²) in [6, 6.07) is 9.15. The second-order valence-electron chi connectivity index (χ2n) is 3.69. The van der Waals surface area contributed by atoms with Crippen molar-refractivity contribution in [3.05, 3.63) is 35.4 Å². The molecule has 0 atom stereocenters. The van der Waals surface area contributed by atoms with E-state index in [1.54, 1.807) is 12.1 Å². The Morgan fingerprint density at radius 2 is 2.06 bits per heavy atom. The van der Waals surface area contributed by atoms with Crippen molar-refractivity contribution in [1.29, 1.82) is 5.26 Å². The van der Waals surface area contributed by atoms with Crippen molar-refractivity contribution in [3.63, 3.8) is 0 Å². The number of unbranched alkanes of at least 4 members (excludes halogenated alkanes) is 1. The summed E-state index contributed by atoms with van der Waals surface area (Å²) < 4.78 is 0. The van der Waals surface area contributed by atoms with Crippen LogP contribution in [-0.4, -0.2) is 12.5 Å². The van der Waals surface area contributed by atoms with Crippen molar-refractivity contribution < 1.29 is 4.79 Å². The Bertz CT molecular complexity index is 376. The second-order valence-corrected chi connectivity index (χ2v) is 3.69. The molecule has 0 aliphatic rings. The van der Waals surface area contributed by atoms with Gasteiger partial charge in [-0.3, -0.25) is 4.79 Å². The van der Waals surface area contributed by atoms with Gasteiger partial charge >= 0.3 is 0 Å². The van der Waals surface area contributed by atoms with E-state index in [4.69, 9.17) is 5.26 Å². The summed E-state index contributed by atoms with van der Waals surface area (Å²) in [6.07, 6.45) is 2.48. The van der Waals surface area contributed by atoms with Crippen LogP contribution < -0.4 is 5.32 Å². The van der Waals surface area contributed by atoms with Gasteiger partial charge in [0.25, 0.3) is 0 Å². The predicted molar refractivity (Wildman–Crippen MR) is 62.8 cm³/mol. The molecule has 0 unspecified atom stereocenters. The molecule has 0 saturated heterocycles. The number of hydrogen-bond acceptors (Lipinski definition) is 2. The number of nitriles is 1. The van der Waals surface area contributed by atoms with E-state index in [1.807, 2.05) is 18.2 Å². The quantitative estimate of drug-likeness (QED) is 0.765. The van der Waals surface area contributed by atoms with Gasteiger partial charge in [0.2, 0.25) is 5.91 Å². The molecule has 3 nitrogen and oxygen atoms in total. The third kappa shape index (κ3) is 4.14. The number of benzene rings is 1. The maximum Gasteiger partial charge on any atom is 0.224 e. The molecule has 1 amide bonds. The highest BCUT2D eigenvalue weighted by Gasteiger charge is 2.02. The van der Waals surface area contributed by atoms with Crippen LogP contribution in [0.4, 0.5) is 0 Å². The van der Waals surface area contributed by atoms with Crippen molar-refractivity contribution in [3.8, 4) is 6.07 Å². The van der Waals surface area contributed by atoms with Crippen LogP contribution in [0.2, 0.25) is 0 Å². The molecule has 0 heterocycles. The monoisotopic (exact) mass is 216 g/mol. The third-order valence-electron chi connectivity index (χ3n) is 2.30. The molecule has 16 heavy (non-hydrogen) atoms. The van der Waals surface area contributed by atoms with Crippen molar-refractivity contribution in [2.75, 3.05) is 6.54 Å². The first kappa shape index (κ1) is 12.3. The molecular formula is C13H16N2O. The van der Waals surface area contributed by atoms with Gasteiger partial charge in [-0.15, -0.1) is 0 Å². The molecule has 84 valence electrons. The Hall–Kier alpha value is -1.82. The molecule has 0 spiro atoms. The van der Waals surface area contributed by atoms with Crippen LogP contribution in [-0.2, 0) is 11.2 Å². The Morgan fingerprint density at radius 1 is 1.38 bits per heavy atom. The van der Waals surface area contributed by atoms with Crippen molar-refractivity contribution >= 4 is 5.91 Å². The summed E-state index contributed by atoms with van der Waals surface area (Å²) in [6.45, 7) is 2.83. The van der Waals surface area contributed by atoms with E-state index < -0.39 is 0 Å². The molecular weight excluding hydrogens is 200 g/mol. The first-order valence-electron chi connectivity index (χ1n) is 5.52. The van der Waals surface area contributed by atoms with Gasteiger partial charge in [0.15, 0.2) is 0 Å². The minimum Gasteiger partial charge on any atom is -0.356 e. The highest BCUT2D eigenvalue weighted by atomic mass is 16.1. The lowest BCUT2D eigenvalue weighted by Crippen LogP contribution is -2.25. The van der Waals surface area contributed by atoms with Crippen LogP contribution in [0.1, 0.15) is 30.9 Å². The fourth-order valence-electron chi connectivity index (χ4n) is 1.35. The van der Waals surface area contributed by atoms with Gasteiger partial charge < -0.3 is 5.32 Å². The predicted octanol–water partition coefficient (Wildman–Crippen LogP) is 2.02. The maximum atomic E-state index is 11.5. The van der Waals surface area contributed by atoms with E-state index in [9.17, 15) is 4.79 Å². The number of nitrogens with one attached hydrogen (secondary N) is 1. The molecule has 0 fully saturated rings. The van der Waals surface area contributed by atoms with Crippen molar-refractivity contribution in [2.45, 2.75) is 26.2 Å².